The minimum Gasteiger partial charge on any atom is -0.319 e. The molecule has 1 aromatic heterocycles. The van der Waals surface area contributed by atoms with Gasteiger partial charge in [-0.3, -0.25) is 0 Å². The predicted octanol–water partition coefficient (Wildman–Crippen LogP) is 2.32. The molecule has 0 saturated carbocycles. The van der Waals surface area contributed by atoms with E-state index in [1.165, 1.54) is 11.3 Å². The lowest BCUT2D eigenvalue weighted by Gasteiger charge is -2.08. The van der Waals surface area contributed by atoms with Crippen molar-refractivity contribution < 1.29 is 8.78 Å². The van der Waals surface area contributed by atoms with Crippen LogP contribution in [-0.2, 0) is 0 Å². The highest BCUT2D eigenvalue weighted by Crippen LogP contribution is 2.24. The van der Waals surface area contributed by atoms with Crippen molar-refractivity contribution in [3.8, 4) is 0 Å². The van der Waals surface area contributed by atoms with Gasteiger partial charge in [0.05, 0.1) is 6.04 Å². The maximum absolute atomic E-state index is 12.1. The van der Waals surface area contributed by atoms with Crippen LogP contribution in [0, 0.1) is 6.92 Å². The fourth-order valence-corrected chi connectivity index (χ4v) is 1.75. The molecule has 0 radical (unpaired) electrons. The summed E-state index contributed by atoms with van der Waals surface area (Å²) in [7, 11) is 0. The van der Waals surface area contributed by atoms with Crippen LogP contribution in [0.3, 0.4) is 0 Å². The van der Waals surface area contributed by atoms with Gasteiger partial charge in [-0.1, -0.05) is 0 Å². The monoisotopic (exact) mass is 177 g/mol. The summed E-state index contributed by atoms with van der Waals surface area (Å²) >= 11 is 1.40. The molecule has 62 valence electrons. The molecule has 0 aliphatic carbocycles. The summed E-state index contributed by atoms with van der Waals surface area (Å²) < 4.78 is 24.1. The first kappa shape index (κ1) is 8.62. The van der Waals surface area contributed by atoms with Crippen molar-refractivity contribution in [1.82, 2.24) is 0 Å². The lowest BCUT2D eigenvalue weighted by molar-refractivity contribution is 0.116. The fourth-order valence-electron chi connectivity index (χ4n) is 0.848. The van der Waals surface area contributed by atoms with Gasteiger partial charge >= 0.3 is 0 Å². The lowest BCUT2D eigenvalue weighted by atomic mass is 10.1. The molecule has 1 heterocycles. The molecule has 1 unspecified atom stereocenters. The molecule has 1 rings (SSSR count). The van der Waals surface area contributed by atoms with Gasteiger partial charge in [-0.15, -0.1) is 0 Å². The Hall–Kier alpha value is -0.480. The highest BCUT2D eigenvalue weighted by atomic mass is 32.1. The Kier molecular flexibility index (Phi) is 2.57. The van der Waals surface area contributed by atoms with E-state index in [1.807, 2.05) is 5.38 Å². The molecule has 1 atom stereocenters. The lowest BCUT2D eigenvalue weighted by Crippen LogP contribution is -2.18. The van der Waals surface area contributed by atoms with Crippen molar-refractivity contribution in [2.45, 2.75) is 19.4 Å². The van der Waals surface area contributed by atoms with Gasteiger partial charge in [0.2, 0.25) is 0 Å². The molecule has 0 bridgehead atoms. The molecule has 0 saturated heterocycles. The summed E-state index contributed by atoms with van der Waals surface area (Å²) in [5.74, 6) is 0. The number of aryl methyl sites for hydroxylation is 1. The van der Waals surface area contributed by atoms with Gasteiger partial charge in [0, 0.05) is 0 Å². The normalized spacial score (nSPS) is 13.9. The number of halogens is 2. The number of hydrogen-bond donors (Lipinski definition) is 1. The molecule has 11 heavy (non-hydrogen) atoms. The molecule has 4 heteroatoms. The van der Waals surface area contributed by atoms with E-state index in [0.717, 1.165) is 5.56 Å². The summed E-state index contributed by atoms with van der Waals surface area (Å²) in [4.78, 5) is 0. The van der Waals surface area contributed by atoms with E-state index in [-0.39, 0.29) is 0 Å². The summed E-state index contributed by atoms with van der Waals surface area (Å²) in [5, 5.41) is 3.49. The van der Waals surface area contributed by atoms with Crippen molar-refractivity contribution in [2.24, 2.45) is 5.73 Å². The highest BCUT2D eigenvalue weighted by Gasteiger charge is 2.19. The van der Waals surface area contributed by atoms with Crippen LogP contribution in [0.25, 0.3) is 0 Å². The second-order valence-electron chi connectivity index (χ2n) is 2.37. The largest absolute Gasteiger partial charge is 0.319 e. The van der Waals surface area contributed by atoms with Crippen LogP contribution in [0.1, 0.15) is 17.2 Å². The smallest absolute Gasteiger partial charge is 0.257 e. The SMILES string of the molecule is Cc1cscc1C(N)C(F)F. The second kappa shape index (κ2) is 3.28. The summed E-state index contributed by atoms with van der Waals surface area (Å²) in [5.41, 5.74) is 6.65. The first-order valence-electron chi connectivity index (χ1n) is 3.19. The third kappa shape index (κ3) is 1.75. The molecular weight excluding hydrogens is 168 g/mol. The Balaban J connectivity index is 2.84. The Labute approximate surface area is 67.8 Å². The van der Waals surface area contributed by atoms with Gasteiger partial charge < -0.3 is 5.73 Å². The van der Waals surface area contributed by atoms with E-state index in [4.69, 9.17) is 5.73 Å². The molecular formula is C7H9F2NS. The maximum Gasteiger partial charge on any atom is 0.257 e. The van der Waals surface area contributed by atoms with Crippen LogP contribution < -0.4 is 5.73 Å². The molecule has 0 aliphatic rings. The second-order valence-corrected chi connectivity index (χ2v) is 3.11. The number of thiophene rings is 1. The van der Waals surface area contributed by atoms with Gasteiger partial charge in [-0.2, -0.15) is 11.3 Å². The quantitative estimate of drug-likeness (QED) is 0.737. The molecule has 2 N–H and O–H groups in total. The molecule has 0 spiro atoms. The summed E-state index contributed by atoms with van der Waals surface area (Å²) in [6, 6.07) is -1.12. The topological polar surface area (TPSA) is 26.0 Å². The van der Waals surface area contributed by atoms with Gasteiger partial charge in [-0.05, 0) is 28.8 Å². The Morgan fingerprint density at radius 1 is 1.45 bits per heavy atom. The first-order valence-corrected chi connectivity index (χ1v) is 4.13. The molecule has 0 aliphatic heterocycles. The van der Waals surface area contributed by atoms with Crippen LogP contribution in [0.2, 0.25) is 0 Å². The highest BCUT2D eigenvalue weighted by molar-refractivity contribution is 7.08. The summed E-state index contributed by atoms with van der Waals surface area (Å²) in [6.07, 6.45) is -2.47. The first-order chi connectivity index (χ1) is 5.13. The zero-order valence-corrected chi connectivity index (χ0v) is 6.87. The van der Waals surface area contributed by atoms with Crippen molar-refractivity contribution in [3.05, 3.63) is 21.9 Å². The Morgan fingerprint density at radius 2 is 2.09 bits per heavy atom. The van der Waals surface area contributed by atoms with Gasteiger partial charge in [0.25, 0.3) is 6.43 Å². The van der Waals surface area contributed by atoms with Crippen LogP contribution >= 0.6 is 11.3 Å². The number of nitrogens with two attached hydrogens (primary N) is 1. The van der Waals surface area contributed by atoms with E-state index >= 15 is 0 Å². The standard InChI is InChI=1S/C7H9F2NS/c1-4-2-11-3-5(4)6(10)7(8)9/h2-3,6-7H,10H2,1H3. The Bertz CT molecular complexity index is 234. The molecule has 1 aromatic rings. The zero-order valence-electron chi connectivity index (χ0n) is 6.05. The minimum atomic E-state index is -2.47. The number of hydrogen-bond acceptors (Lipinski definition) is 2. The molecule has 0 fully saturated rings. The number of rotatable bonds is 2. The average molecular weight is 177 g/mol. The molecule has 1 nitrogen and oxygen atoms in total. The minimum absolute atomic E-state index is 0.560. The van der Waals surface area contributed by atoms with E-state index in [1.54, 1.807) is 12.3 Å². The van der Waals surface area contributed by atoms with E-state index in [0.29, 0.717) is 5.56 Å². The van der Waals surface area contributed by atoms with E-state index in [2.05, 4.69) is 0 Å². The van der Waals surface area contributed by atoms with Crippen LogP contribution in [0.15, 0.2) is 10.8 Å². The summed E-state index contributed by atoms with van der Waals surface area (Å²) in [6.45, 7) is 1.79. The maximum atomic E-state index is 12.1. The van der Waals surface area contributed by atoms with Gasteiger partial charge in [0.1, 0.15) is 0 Å². The molecule has 0 aromatic carbocycles. The number of alkyl halides is 2. The van der Waals surface area contributed by atoms with Gasteiger partial charge in [0.15, 0.2) is 0 Å². The van der Waals surface area contributed by atoms with E-state index in [9.17, 15) is 8.78 Å². The van der Waals surface area contributed by atoms with Crippen molar-refractivity contribution >= 4 is 11.3 Å². The van der Waals surface area contributed by atoms with E-state index < -0.39 is 12.5 Å². The van der Waals surface area contributed by atoms with Crippen molar-refractivity contribution in [3.63, 3.8) is 0 Å². The van der Waals surface area contributed by atoms with Crippen molar-refractivity contribution in [2.75, 3.05) is 0 Å². The third-order valence-electron chi connectivity index (χ3n) is 1.53. The molecule has 0 amide bonds. The van der Waals surface area contributed by atoms with Crippen molar-refractivity contribution in [1.29, 1.82) is 0 Å². The van der Waals surface area contributed by atoms with Crippen LogP contribution in [0.4, 0.5) is 8.78 Å². The third-order valence-corrected chi connectivity index (χ3v) is 2.41. The predicted molar refractivity (Wildman–Crippen MR) is 42.0 cm³/mol. The Morgan fingerprint density at radius 3 is 2.45 bits per heavy atom. The van der Waals surface area contributed by atoms with Crippen LogP contribution in [0.5, 0.6) is 0 Å². The van der Waals surface area contributed by atoms with Gasteiger partial charge in [-0.25, -0.2) is 8.78 Å². The van der Waals surface area contributed by atoms with Crippen LogP contribution in [-0.4, -0.2) is 6.43 Å². The zero-order chi connectivity index (χ0) is 8.43. The fraction of sp³-hybridized carbons (Fsp3) is 0.429. The average Bonchev–Trinajstić information content (AvgIpc) is 2.33.